The van der Waals surface area contributed by atoms with E-state index in [1.54, 1.807) is 0 Å². The smallest absolute Gasteiger partial charge is 0.462 e. The molecule has 0 aromatic heterocycles. The molecule has 0 unspecified atom stereocenters. The molecular formula is C47H83O8P. The quantitative estimate of drug-likeness (QED) is 0.0271. The first kappa shape index (κ1) is 53.8. The van der Waals surface area contributed by atoms with Crippen molar-refractivity contribution in [2.24, 2.45) is 0 Å². The molecule has 324 valence electrons. The van der Waals surface area contributed by atoms with E-state index >= 15 is 0 Å². The monoisotopic (exact) mass is 807 g/mol. The number of rotatable bonds is 41. The van der Waals surface area contributed by atoms with Gasteiger partial charge < -0.3 is 19.3 Å². The Hall–Kier alpha value is -2.25. The maximum Gasteiger partial charge on any atom is 0.469 e. The van der Waals surface area contributed by atoms with Crippen LogP contribution in [0.1, 0.15) is 206 Å². The molecule has 0 heterocycles. The van der Waals surface area contributed by atoms with Crippen molar-refractivity contribution in [2.45, 2.75) is 213 Å². The molecule has 0 radical (unpaired) electrons. The Morgan fingerprint density at radius 2 is 0.821 bits per heavy atom. The number of hydrogen-bond acceptors (Lipinski definition) is 6. The average Bonchev–Trinajstić information content (AvgIpc) is 3.17. The molecule has 0 aliphatic heterocycles. The largest absolute Gasteiger partial charge is 0.469 e. The highest BCUT2D eigenvalue weighted by Gasteiger charge is 2.22. The van der Waals surface area contributed by atoms with Crippen LogP contribution < -0.4 is 0 Å². The predicted molar refractivity (Wildman–Crippen MR) is 234 cm³/mol. The zero-order valence-corrected chi connectivity index (χ0v) is 36.7. The summed E-state index contributed by atoms with van der Waals surface area (Å²) in [5, 5.41) is 0. The summed E-state index contributed by atoms with van der Waals surface area (Å²) in [6, 6.07) is 0. The lowest BCUT2D eigenvalue weighted by Crippen LogP contribution is -2.29. The van der Waals surface area contributed by atoms with Crippen LogP contribution in [0.25, 0.3) is 0 Å². The van der Waals surface area contributed by atoms with Crippen LogP contribution in [0.15, 0.2) is 60.8 Å². The van der Waals surface area contributed by atoms with Crippen molar-refractivity contribution in [2.75, 3.05) is 13.2 Å². The van der Waals surface area contributed by atoms with Gasteiger partial charge in [-0.25, -0.2) is 4.57 Å². The minimum absolute atomic E-state index is 0.135. The van der Waals surface area contributed by atoms with E-state index in [-0.39, 0.29) is 19.4 Å². The molecule has 0 fully saturated rings. The SMILES string of the molecule is CCCCC/C=C\C/C=C\C/C=C\C/C=C\CCCC(=O)O[C@H](COC(=O)CCCCCCCCCCCCC/C=C\CCCCCCCC)COP(=O)(O)O. The van der Waals surface area contributed by atoms with Crippen molar-refractivity contribution in [3.63, 3.8) is 0 Å². The molecule has 2 N–H and O–H groups in total. The Balaban J connectivity index is 3.95. The van der Waals surface area contributed by atoms with Crippen LogP contribution in [0.3, 0.4) is 0 Å². The van der Waals surface area contributed by atoms with Gasteiger partial charge in [-0.1, -0.05) is 177 Å². The van der Waals surface area contributed by atoms with E-state index in [0.29, 0.717) is 19.3 Å². The number of phosphoric acid groups is 1. The maximum absolute atomic E-state index is 12.4. The van der Waals surface area contributed by atoms with Gasteiger partial charge in [0.15, 0.2) is 6.10 Å². The van der Waals surface area contributed by atoms with E-state index in [4.69, 9.17) is 19.3 Å². The van der Waals surface area contributed by atoms with E-state index < -0.39 is 32.5 Å². The highest BCUT2D eigenvalue weighted by Crippen LogP contribution is 2.36. The molecule has 0 aliphatic rings. The highest BCUT2D eigenvalue weighted by molar-refractivity contribution is 7.46. The normalized spacial score (nSPS) is 13.0. The third-order valence-electron chi connectivity index (χ3n) is 9.51. The van der Waals surface area contributed by atoms with Crippen LogP contribution in [0.2, 0.25) is 0 Å². The first-order valence-electron chi connectivity index (χ1n) is 22.6. The molecule has 0 saturated carbocycles. The molecular weight excluding hydrogens is 723 g/mol. The van der Waals surface area contributed by atoms with E-state index in [1.165, 1.54) is 128 Å². The standard InChI is InChI=1S/C47H83O8P/c1-3-5-7-9-11-13-15-17-19-21-22-23-24-26-27-29-31-33-35-37-39-41-46(48)53-43-45(44-54-56(50,51)52)55-47(49)42-40-38-36-34-32-30-28-25-20-18-16-14-12-10-8-6-4-2/h12,14,17-20,28,30,34,36,45H,3-11,13,15-16,21-27,29,31-33,35,37-44H2,1-2H3,(H2,50,51,52)/b14-12-,19-17-,20-18-,30-28-,36-34-/t45-/m1/s1. The Morgan fingerprint density at radius 3 is 1.30 bits per heavy atom. The van der Waals surface area contributed by atoms with Crippen molar-refractivity contribution in [3.8, 4) is 0 Å². The Kier molecular flexibility index (Phi) is 40.7. The molecule has 56 heavy (non-hydrogen) atoms. The van der Waals surface area contributed by atoms with Crippen molar-refractivity contribution in [1.82, 2.24) is 0 Å². The van der Waals surface area contributed by atoms with Crippen LogP contribution in [0.5, 0.6) is 0 Å². The summed E-state index contributed by atoms with van der Waals surface area (Å²) < 4.78 is 26.4. The van der Waals surface area contributed by atoms with Gasteiger partial charge >= 0.3 is 19.8 Å². The van der Waals surface area contributed by atoms with Crippen molar-refractivity contribution in [1.29, 1.82) is 0 Å². The van der Waals surface area contributed by atoms with E-state index in [9.17, 15) is 14.2 Å². The number of phosphoric ester groups is 1. The zero-order chi connectivity index (χ0) is 41.1. The van der Waals surface area contributed by atoms with Crippen molar-refractivity contribution >= 4 is 19.8 Å². The molecule has 0 aliphatic carbocycles. The lowest BCUT2D eigenvalue weighted by molar-refractivity contribution is -0.161. The molecule has 0 aromatic carbocycles. The number of allylic oxidation sites excluding steroid dienone is 10. The first-order chi connectivity index (χ1) is 27.3. The Labute approximate surface area is 343 Å². The van der Waals surface area contributed by atoms with Crippen molar-refractivity contribution < 1.29 is 37.9 Å². The highest BCUT2D eigenvalue weighted by atomic mass is 31.2. The second-order valence-electron chi connectivity index (χ2n) is 15.0. The minimum atomic E-state index is -4.77. The summed E-state index contributed by atoms with van der Waals surface area (Å²) in [6.45, 7) is 3.62. The molecule has 0 rings (SSSR count). The number of carbonyl (C=O) groups is 2. The second-order valence-corrected chi connectivity index (χ2v) is 16.3. The molecule has 0 bridgehead atoms. The predicted octanol–water partition coefficient (Wildman–Crippen LogP) is 14.1. The molecule has 0 saturated heterocycles. The lowest BCUT2D eigenvalue weighted by atomic mass is 10.0. The number of esters is 2. The van der Waals surface area contributed by atoms with Gasteiger partial charge in [0.25, 0.3) is 0 Å². The van der Waals surface area contributed by atoms with Gasteiger partial charge in [0.1, 0.15) is 6.61 Å². The van der Waals surface area contributed by atoms with E-state index in [0.717, 1.165) is 32.1 Å². The summed E-state index contributed by atoms with van der Waals surface area (Å²) in [4.78, 5) is 42.9. The fourth-order valence-electron chi connectivity index (χ4n) is 6.13. The topological polar surface area (TPSA) is 119 Å². The summed E-state index contributed by atoms with van der Waals surface area (Å²) in [7, 11) is -4.77. The van der Waals surface area contributed by atoms with Gasteiger partial charge in [0, 0.05) is 12.8 Å². The van der Waals surface area contributed by atoms with Crippen LogP contribution >= 0.6 is 7.82 Å². The van der Waals surface area contributed by atoms with Crippen LogP contribution in [0.4, 0.5) is 0 Å². The fourth-order valence-corrected chi connectivity index (χ4v) is 6.49. The first-order valence-corrected chi connectivity index (χ1v) is 24.1. The Bertz CT molecular complexity index is 1090. The summed E-state index contributed by atoms with van der Waals surface area (Å²) in [5.41, 5.74) is 0. The van der Waals surface area contributed by atoms with Crippen LogP contribution in [-0.2, 0) is 28.2 Å². The molecule has 0 aromatic rings. The average molecular weight is 807 g/mol. The third-order valence-corrected chi connectivity index (χ3v) is 9.99. The molecule has 0 amide bonds. The number of carbonyl (C=O) groups excluding carboxylic acids is 2. The summed E-state index contributed by atoms with van der Waals surface area (Å²) in [5.74, 6) is -0.950. The van der Waals surface area contributed by atoms with E-state index in [1.807, 2.05) is 6.08 Å². The lowest BCUT2D eigenvalue weighted by Gasteiger charge is -2.18. The second kappa shape index (κ2) is 42.4. The summed E-state index contributed by atoms with van der Waals surface area (Å²) >= 11 is 0. The molecule has 9 heteroatoms. The molecule has 1 atom stereocenters. The van der Waals surface area contributed by atoms with Gasteiger partial charge in [-0.15, -0.1) is 0 Å². The number of hydrogen-bond donors (Lipinski definition) is 2. The van der Waals surface area contributed by atoms with Gasteiger partial charge in [0.05, 0.1) is 6.61 Å². The van der Waals surface area contributed by atoms with Gasteiger partial charge in [0.2, 0.25) is 0 Å². The zero-order valence-electron chi connectivity index (χ0n) is 35.8. The number of ether oxygens (including phenoxy) is 2. The third kappa shape index (κ3) is 44.5. The fraction of sp³-hybridized carbons (Fsp3) is 0.745. The summed E-state index contributed by atoms with van der Waals surface area (Å²) in [6.07, 6.45) is 53.8. The minimum Gasteiger partial charge on any atom is -0.462 e. The number of unbranched alkanes of at least 4 members (excludes halogenated alkanes) is 21. The van der Waals surface area contributed by atoms with Crippen LogP contribution in [-0.4, -0.2) is 41.0 Å². The molecule has 8 nitrogen and oxygen atoms in total. The van der Waals surface area contributed by atoms with Crippen molar-refractivity contribution in [3.05, 3.63) is 60.8 Å². The van der Waals surface area contributed by atoms with Gasteiger partial charge in [-0.05, 0) is 77.0 Å². The van der Waals surface area contributed by atoms with Crippen LogP contribution in [0, 0.1) is 0 Å². The maximum atomic E-state index is 12.4. The van der Waals surface area contributed by atoms with Gasteiger partial charge in [-0.2, -0.15) is 0 Å². The Morgan fingerprint density at radius 1 is 0.464 bits per heavy atom. The van der Waals surface area contributed by atoms with E-state index in [2.05, 4.69) is 73.1 Å². The molecule has 0 spiro atoms. The van der Waals surface area contributed by atoms with Gasteiger partial charge in [-0.3, -0.25) is 14.1 Å².